The number of rotatable bonds is 5. The van der Waals surface area contributed by atoms with Crippen LogP contribution < -0.4 is 0 Å². The van der Waals surface area contributed by atoms with Crippen molar-refractivity contribution in [3.05, 3.63) is 41.0 Å². The maximum absolute atomic E-state index is 16.3. The summed E-state index contributed by atoms with van der Waals surface area (Å²) >= 11 is 1.75. The molecule has 1 saturated heterocycles. The molecule has 240 valence electrons. The average molecular weight is 623 g/mol. The van der Waals surface area contributed by atoms with Crippen LogP contribution in [0.5, 0.6) is 0 Å². The number of ether oxygens (including phenoxy) is 2. The fourth-order valence-corrected chi connectivity index (χ4v) is 10.3. The number of hydrogen-bond acceptors (Lipinski definition) is 5. The number of allylic oxidation sites excluding steroid dienone is 1. The van der Waals surface area contributed by atoms with Crippen molar-refractivity contribution in [2.24, 2.45) is 22.7 Å². The average Bonchev–Trinajstić information content (AvgIpc) is 3.21. The lowest BCUT2D eigenvalue weighted by molar-refractivity contribution is -0.322. The molecule has 1 aromatic carbocycles. The molecule has 0 aromatic heterocycles. The first-order valence-corrected chi connectivity index (χ1v) is 17.2. The molecule has 4 aliphatic carbocycles. The third kappa shape index (κ3) is 4.78. The largest absolute Gasteiger partial charge is 0.386 e. The van der Waals surface area contributed by atoms with Crippen molar-refractivity contribution in [2.75, 3.05) is 19.0 Å². The molecular weight excluding hydrogens is 573 g/mol. The van der Waals surface area contributed by atoms with Gasteiger partial charge in [-0.3, -0.25) is 0 Å². The minimum atomic E-state index is -3.70. The molecule has 1 aliphatic heterocycles. The molecule has 1 aromatic rings. The predicted molar refractivity (Wildman–Crippen MR) is 163 cm³/mol. The van der Waals surface area contributed by atoms with Gasteiger partial charge in [0.05, 0.1) is 18.8 Å². The van der Waals surface area contributed by atoms with E-state index in [1.165, 1.54) is 5.57 Å². The van der Waals surface area contributed by atoms with Crippen LogP contribution >= 0.6 is 11.8 Å². The Morgan fingerprint density at radius 1 is 0.953 bits per heavy atom. The van der Waals surface area contributed by atoms with Gasteiger partial charge in [0.15, 0.2) is 11.5 Å². The van der Waals surface area contributed by atoms with Crippen molar-refractivity contribution in [3.63, 3.8) is 0 Å². The van der Waals surface area contributed by atoms with Gasteiger partial charge in [-0.25, -0.2) is 13.2 Å². The summed E-state index contributed by atoms with van der Waals surface area (Å²) in [6.45, 7) is 10.8. The van der Waals surface area contributed by atoms with E-state index in [0.717, 1.165) is 28.7 Å². The predicted octanol–water partition coefficient (Wildman–Crippen LogP) is 8.21. The lowest BCUT2D eigenvalue weighted by Gasteiger charge is -2.60. The van der Waals surface area contributed by atoms with Gasteiger partial charge < -0.3 is 19.7 Å². The van der Waals surface area contributed by atoms with E-state index >= 15 is 4.39 Å². The number of hydrogen-bond donors (Lipinski definition) is 2. The van der Waals surface area contributed by atoms with E-state index < -0.39 is 34.0 Å². The van der Waals surface area contributed by atoms with Crippen molar-refractivity contribution in [1.82, 2.24) is 0 Å². The zero-order chi connectivity index (χ0) is 31.3. The SMILES string of the molecule is CCSc1ccc([C@H]2CC3(C)C(CC[C@@]3(O)C(C)(F)C(C)(F)F)C3CC[C@@]4(O)CC5(CCC4=C32)OCC(C)(C)CO5)cc1. The highest BCUT2D eigenvalue weighted by molar-refractivity contribution is 7.99. The van der Waals surface area contributed by atoms with E-state index in [1.54, 1.807) is 11.8 Å². The summed E-state index contributed by atoms with van der Waals surface area (Å²) in [5, 5.41) is 24.5. The highest BCUT2D eigenvalue weighted by atomic mass is 32.2. The summed E-state index contributed by atoms with van der Waals surface area (Å²) < 4.78 is 58.8. The Morgan fingerprint density at radius 3 is 2.21 bits per heavy atom. The molecule has 8 heteroatoms. The number of fused-ring (bicyclic) bond motifs is 4. The second-order valence-corrected chi connectivity index (χ2v) is 16.9. The Bertz CT molecular complexity index is 1260. The second-order valence-electron chi connectivity index (χ2n) is 15.5. The van der Waals surface area contributed by atoms with Gasteiger partial charge in [-0.05, 0) is 86.3 Å². The maximum atomic E-state index is 16.3. The van der Waals surface area contributed by atoms with Crippen molar-refractivity contribution in [1.29, 1.82) is 0 Å². The summed E-state index contributed by atoms with van der Waals surface area (Å²) in [5.74, 6) is -3.97. The Hall–Kier alpha value is -1.06. The minimum absolute atomic E-state index is 0.00659. The molecule has 6 rings (SSSR count). The standard InChI is InChI=1S/C35H49F3O4S/c1-7-43-23-10-8-22(9-11-23)25-18-30(4)26(14-17-35(30,40)31(5,36)32(6,37)38)24-12-15-33(39)19-34(16-13-27(33)28(24)25)41-20-29(2,3)21-42-34/h8-11,24-26,39-40H,7,12-21H2,1-6H3/t24?,25-,26?,30?,31?,33-,35+/m1/s1. The molecule has 5 aliphatic rings. The van der Waals surface area contributed by atoms with Crippen LogP contribution in [0.3, 0.4) is 0 Å². The summed E-state index contributed by atoms with van der Waals surface area (Å²) in [4.78, 5) is 1.15. The minimum Gasteiger partial charge on any atom is -0.386 e. The molecule has 1 heterocycles. The molecule has 7 atom stereocenters. The van der Waals surface area contributed by atoms with E-state index in [0.29, 0.717) is 65.1 Å². The normalized spacial score (nSPS) is 40.0. The highest BCUT2D eigenvalue weighted by Crippen LogP contribution is 2.71. The number of aliphatic hydroxyl groups is 2. The van der Waals surface area contributed by atoms with Crippen LogP contribution in [-0.2, 0) is 9.47 Å². The summed E-state index contributed by atoms with van der Waals surface area (Å²) in [6.07, 6.45) is 3.63. The van der Waals surface area contributed by atoms with Gasteiger partial charge in [0, 0.05) is 41.4 Å². The Morgan fingerprint density at radius 2 is 1.60 bits per heavy atom. The molecular formula is C35H49F3O4S. The Kier molecular flexibility index (Phi) is 7.58. The van der Waals surface area contributed by atoms with Crippen LogP contribution in [-0.4, -0.2) is 57.8 Å². The van der Waals surface area contributed by atoms with Crippen LogP contribution in [0.15, 0.2) is 40.3 Å². The van der Waals surface area contributed by atoms with E-state index in [2.05, 4.69) is 45.0 Å². The molecule has 0 amide bonds. The number of alkyl halides is 3. The number of thioether (sulfide) groups is 1. The monoisotopic (exact) mass is 622 g/mol. The topological polar surface area (TPSA) is 58.9 Å². The van der Waals surface area contributed by atoms with Gasteiger partial charge in [0.2, 0.25) is 0 Å². The molecule has 3 saturated carbocycles. The molecule has 0 bridgehead atoms. The van der Waals surface area contributed by atoms with Crippen LogP contribution in [0.1, 0.15) is 104 Å². The van der Waals surface area contributed by atoms with E-state index in [1.807, 2.05) is 6.92 Å². The van der Waals surface area contributed by atoms with Crippen LogP contribution in [0.4, 0.5) is 13.2 Å². The smallest absolute Gasteiger partial charge is 0.281 e. The molecule has 4 fully saturated rings. The first-order valence-electron chi connectivity index (χ1n) is 16.2. The molecule has 4 unspecified atom stereocenters. The third-order valence-corrected chi connectivity index (χ3v) is 13.1. The first-order chi connectivity index (χ1) is 19.9. The molecule has 43 heavy (non-hydrogen) atoms. The Labute approximate surface area is 259 Å². The quantitative estimate of drug-likeness (QED) is 0.256. The van der Waals surface area contributed by atoms with Gasteiger partial charge in [-0.2, -0.15) is 0 Å². The van der Waals surface area contributed by atoms with Crippen LogP contribution in [0.2, 0.25) is 0 Å². The van der Waals surface area contributed by atoms with Crippen molar-refractivity contribution in [2.45, 2.75) is 132 Å². The number of halogens is 3. The number of benzene rings is 1. The van der Waals surface area contributed by atoms with Crippen molar-refractivity contribution in [3.8, 4) is 0 Å². The zero-order valence-corrected chi connectivity index (χ0v) is 27.4. The van der Waals surface area contributed by atoms with Crippen molar-refractivity contribution >= 4 is 11.8 Å². The van der Waals surface area contributed by atoms with Gasteiger partial charge in [0.1, 0.15) is 5.60 Å². The van der Waals surface area contributed by atoms with Gasteiger partial charge in [-0.1, -0.05) is 45.4 Å². The second kappa shape index (κ2) is 10.2. The lowest BCUT2D eigenvalue weighted by Crippen LogP contribution is -2.66. The van der Waals surface area contributed by atoms with E-state index in [4.69, 9.17) is 9.47 Å². The van der Waals surface area contributed by atoms with Gasteiger partial charge in [0.25, 0.3) is 5.92 Å². The fraction of sp³-hybridized carbons (Fsp3) is 0.771. The third-order valence-electron chi connectivity index (χ3n) is 12.2. The van der Waals surface area contributed by atoms with E-state index in [-0.39, 0.29) is 29.6 Å². The van der Waals surface area contributed by atoms with E-state index in [9.17, 15) is 19.0 Å². The molecule has 2 N–H and O–H groups in total. The van der Waals surface area contributed by atoms with Crippen LogP contribution in [0, 0.1) is 22.7 Å². The summed E-state index contributed by atoms with van der Waals surface area (Å²) in [7, 11) is 0. The first kappa shape index (κ1) is 31.9. The van der Waals surface area contributed by atoms with Gasteiger partial charge in [-0.15, -0.1) is 11.8 Å². The lowest BCUT2D eigenvalue weighted by atomic mass is 9.48. The summed E-state index contributed by atoms with van der Waals surface area (Å²) in [6, 6.07) is 8.38. The fourth-order valence-electron chi connectivity index (χ4n) is 9.65. The Balaban J connectivity index is 1.45. The highest BCUT2D eigenvalue weighted by Gasteiger charge is 2.74. The maximum Gasteiger partial charge on any atom is 0.281 e. The zero-order valence-electron chi connectivity index (χ0n) is 26.6. The molecule has 0 radical (unpaired) electrons. The summed E-state index contributed by atoms with van der Waals surface area (Å²) in [5.41, 5.74) is -4.26. The van der Waals surface area contributed by atoms with Crippen molar-refractivity contribution < 1.29 is 32.9 Å². The van der Waals surface area contributed by atoms with Gasteiger partial charge >= 0.3 is 0 Å². The molecule has 1 spiro atoms. The molecule has 4 nitrogen and oxygen atoms in total. The van der Waals surface area contributed by atoms with Crippen LogP contribution in [0.25, 0.3) is 0 Å².